The summed E-state index contributed by atoms with van der Waals surface area (Å²) in [6, 6.07) is 17.3. The Morgan fingerprint density at radius 1 is 1.03 bits per heavy atom. The van der Waals surface area contributed by atoms with Crippen LogP contribution in [0.5, 0.6) is 11.5 Å². The molecule has 206 valence electrons. The number of benzene rings is 2. The van der Waals surface area contributed by atoms with Gasteiger partial charge in [-0.1, -0.05) is 37.3 Å². The number of carboxylic acid groups (broad SMARTS) is 2. The zero-order valence-electron chi connectivity index (χ0n) is 22.1. The van der Waals surface area contributed by atoms with E-state index < -0.39 is 11.9 Å². The van der Waals surface area contributed by atoms with Crippen molar-refractivity contribution in [2.24, 2.45) is 0 Å². The molecule has 2 aliphatic heterocycles. The SMILES string of the molecule is CCC(C)OCC(CN(Cc1ccccc1)c1ccc2c(c1)OCO2)N1CCCC1.O=C(O)/C=C/C(=O)O. The molecule has 0 saturated carbocycles. The van der Waals surface area contributed by atoms with Crippen molar-refractivity contribution in [1.82, 2.24) is 4.90 Å². The Hall–Kier alpha value is -3.56. The lowest BCUT2D eigenvalue weighted by Crippen LogP contribution is -2.46. The number of carbonyl (C=O) groups is 2. The van der Waals surface area contributed by atoms with Crippen molar-refractivity contribution in [2.45, 2.75) is 51.8 Å². The smallest absolute Gasteiger partial charge is 0.328 e. The number of anilines is 1. The minimum Gasteiger partial charge on any atom is -0.478 e. The summed E-state index contributed by atoms with van der Waals surface area (Å²) in [5.41, 5.74) is 2.47. The second kappa shape index (κ2) is 15.0. The van der Waals surface area contributed by atoms with E-state index in [1.807, 2.05) is 6.07 Å². The summed E-state index contributed by atoms with van der Waals surface area (Å²) in [5, 5.41) is 15.6. The van der Waals surface area contributed by atoms with Crippen molar-refractivity contribution in [3.63, 3.8) is 0 Å². The molecule has 2 heterocycles. The number of ether oxygens (including phenoxy) is 3. The summed E-state index contributed by atoms with van der Waals surface area (Å²) in [4.78, 5) is 24.2. The van der Waals surface area contributed by atoms with Crippen LogP contribution in [0.4, 0.5) is 5.69 Å². The van der Waals surface area contributed by atoms with Crippen LogP contribution in [-0.2, 0) is 20.9 Å². The topological polar surface area (TPSA) is 109 Å². The minimum absolute atomic E-state index is 0.295. The first kappa shape index (κ1) is 29.0. The highest BCUT2D eigenvalue weighted by Gasteiger charge is 2.26. The van der Waals surface area contributed by atoms with Gasteiger partial charge in [0.2, 0.25) is 6.79 Å². The first-order valence-corrected chi connectivity index (χ1v) is 13.0. The third kappa shape index (κ3) is 9.39. The lowest BCUT2D eigenvalue weighted by Gasteiger charge is -2.35. The second-order valence-electron chi connectivity index (χ2n) is 9.36. The average molecular weight is 527 g/mol. The summed E-state index contributed by atoms with van der Waals surface area (Å²) in [6.07, 6.45) is 5.02. The molecular weight excluding hydrogens is 488 g/mol. The molecule has 0 radical (unpaired) electrons. The number of hydrogen-bond acceptors (Lipinski definition) is 7. The van der Waals surface area contributed by atoms with E-state index in [0.29, 0.717) is 31.1 Å². The first-order chi connectivity index (χ1) is 18.4. The fourth-order valence-corrected chi connectivity index (χ4v) is 4.32. The van der Waals surface area contributed by atoms with E-state index in [0.717, 1.165) is 56.4 Å². The van der Waals surface area contributed by atoms with Gasteiger partial charge in [-0.15, -0.1) is 0 Å². The number of rotatable bonds is 12. The van der Waals surface area contributed by atoms with Gasteiger partial charge in [0, 0.05) is 37.0 Å². The molecule has 4 rings (SSSR count). The molecule has 38 heavy (non-hydrogen) atoms. The van der Waals surface area contributed by atoms with Gasteiger partial charge in [-0.25, -0.2) is 9.59 Å². The normalized spacial score (nSPS) is 16.1. The lowest BCUT2D eigenvalue weighted by molar-refractivity contribution is -0.134. The van der Waals surface area contributed by atoms with Crippen molar-refractivity contribution in [3.05, 3.63) is 66.2 Å². The van der Waals surface area contributed by atoms with E-state index in [4.69, 9.17) is 24.4 Å². The fraction of sp³-hybridized carbons (Fsp3) is 0.448. The number of aliphatic carboxylic acids is 2. The van der Waals surface area contributed by atoms with Gasteiger partial charge in [-0.3, -0.25) is 4.90 Å². The molecule has 0 bridgehead atoms. The molecule has 2 aliphatic rings. The van der Waals surface area contributed by atoms with E-state index in [2.05, 4.69) is 66.1 Å². The molecule has 2 aromatic rings. The molecule has 2 aromatic carbocycles. The van der Waals surface area contributed by atoms with Crippen LogP contribution in [0.1, 0.15) is 38.7 Å². The molecule has 0 amide bonds. The molecule has 1 saturated heterocycles. The molecule has 2 unspecified atom stereocenters. The van der Waals surface area contributed by atoms with Crippen molar-refractivity contribution in [3.8, 4) is 11.5 Å². The van der Waals surface area contributed by atoms with Crippen molar-refractivity contribution in [1.29, 1.82) is 0 Å². The summed E-state index contributed by atoms with van der Waals surface area (Å²) in [7, 11) is 0. The number of carboxylic acids is 2. The maximum atomic E-state index is 9.55. The van der Waals surface area contributed by atoms with Gasteiger partial charge in [-0.2, -0.15) is 0 Å². The molecular formula is C29H38N2O7. The standard InChI is InChI=1S/C25H34N2O3.C4H4O4/c1-3-20(2)28-18-23(26-13-7-8-14-26)17-27(16-21-9-5-4-6-10-21)22-11-12-24-25(15-22)30-19-29-24;5-3(6)1-2-4(7)8/h4-6,9-12,15,20,23H,3,7-8,13-14,16-19H2,1-2H3;1-2H,(H,5,6)(H,7,8)/b;2-1+. The van der Waals surface area contributed by atoms with Crippen molar-refractivity contribution < 1.29 is 34.0 Å². The molecule has 0 aliphatic carbocycles. The van der Waals surface area contributed by atoms with Gasteiger partial charge >= 0.3 is 11.9 Å². The van der Waals surface area contributed by atoms with E-state index in [1.165, 1.54) is 18.4 Å². The lowest BCUT2D eigenvalue weighted by atomic mass is 10.1. The van der Waals surface area contributed by atoms with Gasteiger partial charge in [0.25, 0.3) is 0 Å². The van der Waals surface area contributed by atoms with Crippen LogP contribution < -0.4 is 14.4 Å². The molecule has 9 nitrogen and oxygen atoms in total. The van der Waals surface area contributed by atoms with Crippen molar-refractivity contribution >= 4 is 17.6 Å². The molecule has 0 aromatic heterocycles. The van der Waals surface area contributed by atoms with E-state index >= 15 is 0 Å². The highest BCUT2D eigenvalue weighted by atomic mass is 16.7. The third-order valence-corrected chi connectivity index (χ3v) is 6.54. The zero-order valence-corrected chi connectivity index (χ0v) is 22.1. The molecule has 2 N–H and O–H groups in total. The Labute approximate surface area is 224 Å². The van der Waals surface area contributed by atoms with Crippen LogP contribution in [0.3, 0.4) is 0 Å². The Balaban J connectivity index is 0.000000436. The monoisotopic (exact) mass is 526 g/mol. The second-order valence-corrected chi connectivity index (χ2v) is 9.36. The summed E-state index contributed by atoms with van der Waals surface area (Å²) >= 11 is 0. The quantitative estimate of drug-likeness (QED) is 0.389. The highest BCUT2D eigenvalue weighted by molar-refractivity contribution is 5.89. The molecule has 0 spiro atoms. The van der Waals surface area contributed by atoms with Gasteiger partial charge in [0.15, 0.2) is 11.5 Å². The average Bonchev–Trinajstić information content (AvgIpc) is 3.62. The van der Waals surface area contributed by atoms with Crippen LogP contribution >= 0.6 is 0 Å². The van der Waals surface area contributed by atoms with Gasteiger partial charge in [-0.05, 0) is 57.0 Å². The Bertz CT molecular complexity index is 1040. The molecule has 9 heteroatoms. The molecule has 2 atom stereocenters. The Morgan fingerprint density at radius 2 is 1.68 bits per heavy atom. The van der Waals surface area contributed by atoms with Crippen LogP contribution in [0, 0.1) is 0 Å². The number of hydrogen-bond donors (Lipinski definition) is 2. The highest BCUT2D eigenvalue weighted by Crippen LogP contribution is 2.36. The summed E-state index contributed by atoms with van der Waals surface area (Å²) in [6.45, 7) is 9.52. The number of likely N-dealkylation sites (tertiary alicyclic amines) is 1. The van der Waals surface area contributed by atoms with Crippen LogP contribution in [-0.4, -0.2) is 72.2 Å². The molecule has 1 fully saturated rings. The number of nitrogens with zero attached hydrogens (tertiary/aromatic N) is 2. The first-order valence-electron chi connectivity index (χ1n) is 13.0. The summed E-state index contributed by atoms with van der Waals surface area (Å²) in [5.74, 6) is -0.853. The maximum absolute atomic E-state index is 9.55. The van der Waals surface area contributed by atoms with Gasteiger partial charge in [0.05, 0.1) is 18.8 Å². The zero-order chi connectivity index (χ0) is 27.3. The van der Waals surface area contributed by atoms with Crippen molar-refractivity contribution in [2.75, 3.05) is 37.9 Å². The van der Waals surface area contributed by atoms with E-state index in [-0.39, 0.29) is 0 Å². The van der Waals surface area contributed by atoms with Crippen LogP contribution in [0.25, 0.3) is 0 Å². The predicted octanol–water partition coefficient (Wildman–Crippen LogP) is 4.41. The third-order valence-electron chi connectivity index (χ3n) is 6.54. The number of fused-ring (bicyclic) bond motifs is 1. The van der Waals surface area contributed by atoms with Gasteiger partial charge in [0.1, 0.15) is 0 Å². The Morgan fingerprint density at radius 3 is 2.32 bits per heavy atom. The van der Waals surface area contributed by atoms with E-state index in [1.54, 1.807) is 0 Å². The Kier molecular flexibility index (Phi) is 11.4. The maximum Gasteiger partial charge on any atom is 0.328 e. The van der Waals surface area contributed by atoms with Crippen LogP contribution in [0.2, 0.25) is 0 Å². The van der Waals surface area contributed by atoms with Gasteiger partial charge < -0.3 is 29.3 Å². The summed E-state index contributed by atoms with van der Waals surface area (Å²) < 4.78 is 17.4. The fourth-order valence-electron chi connectivity index (χ4n) is 4.32. The predicted molar refractivity (Wildman–Crippen MR) is 145 cm³/mol. The van der Waals surface area contributed by atoms with E-state index in [9.17, 15) is 9.59 Å². The minimum atomic E-state index is -1.26. The van der Waals surface area contributed by atoms with Crippen LogP contribution in [0.15, 0.2) is 60.7 Å². The largest absolute Gasteiger partial charge is 0.478 e.